The lowest BCUT2D eigenvalue weighted by Crippen LogP contribution is -2.08. The largest absolute Gasteiger partial charge is 0.392 e. The monoisotopic (exact) mass is 277 g/mol. The molecule has 1 aliphatic carbocycles. The lowest BCUT2D eigenvalue weighted by Gasteiger charge is -2.11. The predicted octanol–water partition coefficient (Wildman–Crippen LogP) is 1.83. The van der Waals surface area contributed by atoms with Crippen LogP contribution < -0.4 is 0 Å². The highest BCUT2D eigenvalue weighted by Crippen LogP contribution is 2.33. The summed E-state index contributed by atoms with van der Waals surface area (Å²) in [6.07, 6.45) is 6.45. The number of aliphatic hydroxyl groups is 1. The molecule has 0 spiro atoms. The van der Waals surface area contributed by atoms with Gasteiger partial charge in [-0.05, 0) is 41.1 Å². The molecule has 1 aliphatic rings. The Labute approximate surface area is 115 Å². The van der Waals surface area contributed by atoms with Crippen LogP contribution in [0.1, 0.15) is 37.3 Å². The molecule has 0 atom stereocenters. The second kappa shape index (κ2) is 5.66. The summed E-state index contributed by atoms with van der Waals surface area (Å²) in [4.78, 5) is 4.29. The molecule has 2 aromatic heterocycles. The quantitative estimate of drug-likeness (QED) is 0.918. The van der Waals surface area contributed by atoms with Gasteiger partial charge in [0.25, 0.3) is 0 Å². The summed E-state index contributed by atoms with van der Waals surface area (Å²) in [6.45, 7) is -0.0266. The topological polar surface area (TPSA) is 76.7 Å². The van der Waals surface area contributed by atoms with E-state index in [1.165, 1.54) is 24.6 Å². The number of aliphatic hydroxyl groups excluding tert-OH is 1. The molecular formula is C12H15N5OS. The van der Waals surface area contributed by atoms with Crippen LogP contribution in [0.2, 0.25) is 0 Å². The van der Waals surface area contributed by atoms with E-state index in [9.17, 15) is 5.11 Å². The predicted molar refractivity (Wildman–Crippen MR) is 69.6 cm³/mol. The molecule has 1 fully saturated rings. The van der Waals surface area contributed by atoms with Gasteiger partial charge in [0.1, 0.15) is 5.03 Å². The molecule has 0 amide bonds. The molecule has 3 rings (SSSR count). The Bertz CT molecular complexity index is 553. The van der Waals surface area contributed by atoms with Gasteiger partial charge >= 0.3 is 0 Å². The first-order valence-corrected chi connectivity index (χ1v) is 7.20. The van der Waals surface area contributed by atoms with Crippen LogP contribution >= 0.6 is 11.8 Å². The SMILES string of the molecule is OCc1cccnc1Sc1nnnn1C1CCCC1. The molecule has 19 heavy (non-hydrogen) atoms. The summed E-state index contributed by atoms with van der Waals surface area (Å²) < 4.78 is 1.90. The molecule has 0 unspecified atom stereocenters. The Kier molecular flexibility index (Phi) is 3.74. The molecular weight excluding hydrogens is 262 g/mol. The fourth-order valence-corrected chi connectivity index (χ4v) is 3.26. The van der Waals surface area contributed by atoms with Crippen molar-refractivity contribution >= 4 is 11.8 Å². The Hall–Kier alpha value is -1.47. The smallest absolute Gasteiger partial charge is 0.215 e. The molecule has 2 heterocycles. The molecule has 0 aromatic carbocycles. The normalized spacial score (nSPS) is 16.1. The van der Waals surface area contributed by atoms with Crippen molar-refractivity contribution in [3.05, 3.63) is 23.9 Å². The van der Waals surface area contributed by atoms with Crippen molar-refractivity contribution in [2.24, 2.45) is 0 Å². The molecule has 1 saturated carbocycles. The van der Waals surface area contributed by atoms with Gasteiger partial charge < -0.3 is 5.11 Å². The van der Waals surface area contributed by atoms with E-state index in [0.717, 1.165) is 28.6 Å². The van der Waals surface area contributed by atoms with Crippen molar-refractivity contribution < 1.29 is 5.11 Å². The van der Waals surface area contributed by atoms with Crippen LogP contribution in [0.4, 0.5) is 0 Å². The van der Waals surface area contributed by atoms with E-state index in [4.69, 9.17) is 0 Å². The summed E-state index contributed by atoms with van der Waals surface area (Å²) >= 11 is 1.41. The Morgan fingerprint density at radius 2 is 2.21 bits per heavy atom. The van der Waals surface area contributed by atoms with Gasteiger partial charge in [0.05, 0.1) is 12.6 Å². The van der Waals surface area contributed by atoms with E-state index in [2.05, 4.69) is 20.5 Å². The molecule has 7 heteroatoms. The third-order valence-corrected chi connectivity index (χ3v) is 4.35. The minimum Gasteiger partial charge on any atom is -0.392 e. The number of nitrogens with zero attached hydrogens (tertiary/aromatic N) is 5. The molecule has 100 valence electrons. The van der Waals surface area contributed by atoms with Gasteiger partial charge in [-0.15, -0.1) is 5.10 Å². The first-order chi connectivity index (χ1) is 9.38. The molecule has 0 aliphatic heterocycles. The van der Waals surface area contributed by atoms with Crippen molar-refractivity contribution in [2.45, 2.75) is 48.5 Å². The maximum atomic E-state index is 9.32. The van der Waals surface area contributed by atoms with E-state index in [0.29, 0.717) is 6.04 Å². The van der Waals surface area contributed by atoms with Crippen LogP contribution in [0, 0.1) is 0 Å². The number of hydrogen-bond acceptors (Lipinski definition) is 6. The molecule has 2 aromatic rings. The van der Waals surface area contributed by atoms with Crippen molar-refractivity contribution in [1.82, 2.24) is 25.2 Å². The highest BCUT2D eigenvalue weighted by Gasteiger charge is 2.22. The van der Waals surface area contributed by atoms with E-state index in [-0.39, 0.29) is 6.61 Å². The number of tetrazole rings is 1. The van der Waals surface area contributed by atoms with Crippen molar-refractivity contribution in [3.8, 4) is 0 Å². The lowest BCUT2D eigenvalue weighted by atomic mass is 10.3. The van der Waals surface area contributed by atoms with Crippen LogP contribution in [-0.4, -0.2) is 30.3 Å². The Morgan fingerprint density at radius 1 is 1.37 bits per heavy atom. The molecule has 0 saturated heterocycles. The summed E-state index contributed by atoms with van der Waals surface area (Å²) in [5.74, 6) is 0. The van der Waals surface area contributed by atoms with Gasteiger partial charge in [-0.2, -0.15) is 0 Å². The second-order valence-electron chi connectivity index (χ2n) is 4.57. The van der Waals surface area contributed by atoms with Crippen LogP contribution in [-0.2, 0) is 6.61 Å². The van der Waals surface area contributed by atoms with Crippen molar-refractivity contribution in [2.75, 3.05) is 0 Å². The average molecular weight is 277 g/mol. The number of aromatic nitrogens is 5. The van der Waals surface area contributed by atoms with Gasteiger partial charge in [0.15, 0.2) is 0 Å². The first-order valence-electron chi connectivity index (χ1n) is 6.39. The van der Waals surface area contributed by atoms with E-state index in [1.807, 2.05) is 16.8 Å². The van der Waals surface area contributed by atoms with Gasteiger partial charge in [0.2, 0.25) is 5.16 Å². The van der Waals surface area contributed by atoms with Gasteiger partial charge in [-0.3, -0.25) is 0 Å². The summed E-state index contributed by atoms with van der Waals surface area (Å²) in [5, 5.41) is 22.8. The van der Waals surface area contributed by atoms with Crippen molar-refractivity contribution in [1.29, 1.82) is 0 Å². The van der Waals surface area contributed by atoms with E-state index < -0.39 is 0 Å². The minimum absolute atomic E-state index is 0.0266. The number of pyridine rings is 1. The summed E-state index contributed by atoms with van der Waals surface area (Å²) in [6, 6.07) is 4.08. The minimum atomic E-state index is -0.0266. The van der Waals surface area contributed by atoms with Crippen LogP contribution in [0.25, 0.3) is 0 Å². The molecule has 6 nitrogen and oxygen atoms in total. The molecule has 1 N–H and O–H groups in total. The van der Waals surface area contributed by atoms with Crippen LogP contribution in [0.15, 0.2) is 28.5 Å². The van der Waals surface area contributed by atoms with Crippen molar-refractivity contribution in [3.63, 3.8) is 0 Å². The fraction of sp³-hybridized carbons (Fsp3) is 0.500. The average Bonchev–Trinajstić information content (AvgIpc) is 3.09. The number of rotatable bonds is 4. The molecule has 0 bridgehead atoms. The highest BCUT2D eigenvalue weighted by molar-refractivity contribution is 7.99. The van der Waals surface area contributed by atoms with E-state index >= 15 is 0 Å². The Balaban J connectivity index is 1.85. The standard InChI is InChI=1S/C12H15N5OS/c18-8-9-4-3-7-13-11(9)19-12-14-15-16-17(12)10-5-1-2-6-10/h3-4,7,10,18H,1-2,5-6,8H2. The van der Waals surface area contributed by atoms with Gasteiger partial charge in [-0.1, -0.05) is 18.9 Å². The van der Waals surface area contributed by atoms with Gasteiger partial charge in [0, 0.05) is 11.8 Å². The van der Waals surface area contributed by atoms with Crippen LogP contribution in [0.3, 0.4) is 0 Å². The number of hydrogen-bond donors (Lipinski definition) is 1. The first kappa shape index (κ1) is 12.6. The van der Waals surface area contributed by atoms with Crippen LogP contribution in [0.5, 0.6) is 0 Å². The van der Waals surface area contributed by atoms with Gasteiger partial charge in [-0.25, -0.2) is 9.67 Å². The zero-order valence-corrected chi connectivity index (χ0v) is 11.3. The highest BCUT2D eigenvalue weighted by atomic mass is 32.2. The maximum Gasteiger partial charge on any atom is 0.215 e. The Morgan fingerprint density at radius 3 is 3.00 bits per heavy atom. The zero-order valence-electron chi connectivity index (χ0n) is 10.4. The van der Waals surface area contributed by atoms with E-state index in [1.54, 1.807) is 6.20 Å². The fourth-order valence-electron chi connectivity index (χ4n) is 2.35. The maximum absolute atomic E-state index is 9.32. The lowest BCUT2D eigenvalue weighted by molar-refractivity contribution is 0.278. The summed E-state index contributed by atoms with van der Waals surface area (Å²) in [7, 11) is 0. The third kappa shape index (κ3) is 2.62. The summed E-state index contributed by atoms with van der Waals surface area (Å²) in [5.41, 5.74) is 0.800. The second-order valence-corrected chi connectivity index (χ2v) is 5.53. The molecule has 0 radical (unpaired) electrons. The zero-order chi connectivity index (χ0) is 13.1. The third-order valence-electron chi connectivity index (χ3n) is 3.34.